The number of ether oxygens (including phenoxy) is 2. The SMILES string of the molecule is CCOC(=O)c1c(CC(C)C)csc1NC(=O)COC(=O)c1ccc(Cl)c(N)c1. The first-order valence-corrected chi connectivity index (χ1v) is 10.3. The molecule has 0 aliphatic heterocycles. The summed E-state index contributed by atoms with van der Waals surface area (Å²) >= 11 is 7.05. The standard InChI is InChI=1S/C20H23ClN2O5S/c1-4-27-20(26)17-13(7-11(2)3)10-29-18(17)23-16(24)9-28-19(25)12-5-6-14(21)15(22)8-12/h5-6,8,10-11H,4,7,9,22H2,1-3H3,(H,23,24). The van der Waals surface area contributed by atoms with E-state index in [1.54, 1.807) is 6.92 Å². The van der Waals surface area contributed by atoms with Crippen LogP contribution in [0.15, 0.2) is 23.6 Å². The fraction of sp³-hybridized carbons (Fsp3) is 0.350. The van der Waals surface area contributed by atoms with Gasteiger partial charge in [-0.1, -0.05) is 25.4 Å². The highest BCUT2D eigenvalue weighted by atomic mass is 35.5. The van der Waals surface area contributed by atoms with Crippen LogP contribution in [0.3, 0.4) is 0 Å². The van der Waals surface area contributed by atoms with Crippen molar-refractivity contribution in [1.82, 2.24) is 0 Å². The Bertz CT molecular complexity index is 910. The number of halogens is 1. The summed E-state index contributed by atoms with van der Waals surface area (Å²) in [6.07, 6.45) is 0.674. The molecular formula is C20H23ClN2O5S. The first-order chi connectivity index (χ1) is 13.7. The van der Waals surface area contributed by atoms with Gasteiger partial charge in [-0.25, -0.2) is 9.59 Å². The number of nitrogen functional groups attached to an aromatic ring is 1. The average molecular weight is 439 g/mol. The molecular weight excluding hydrogens is 416 g/mol. The van der Waals surface area contributed by atoms with Gasteiger partial charge in [0.05, 0.1) is 28.4 Å². The molecule has 9 heteroatoms. The number of benzene rings is 1. The lowest BCUT2D eigenvalue weighted by molar-refractivity contribution is -0.119. The quantitative estimate of drug-likeness (QED) is 0.473. The molecule has 0 saturated carbocycles. The predicted molar refractivity (Wildman–Crippen MR) is 114 cm³/mol. The first kappa shape index (κ1) is 22.7. The van der Waals surface area contributed by atoms with E-state index in [1.165, 1.54) is 29.5 Å². The van der Waals surface area contributed by atoms with Crippen molar-refractivity contribution in [3.8, 4) is 0 Å². The second-order valence-electron chi connectivity index (χ2n) is 6.64. The molecule has 1 aromatic heterocycles. The van der Waals surface area contributed by atoms with Gasteiger partial charge in [-0.05, 0) is 48.4 Å². The summed E-state index contributed by atoms with van der Waals surface area (Å²) in [5.41, 5.74) is 7.24. The fourth-order valence-electron chi connectivity index (χ4n) is 2.55. The molecule has 0 aliphatic rings. The van der Waals surface area contributed by atoms with Crippen molar-refractivity contribution in [2.45, 2.75) is 27.2 Å². The Hall–Kier alpha value is -2.58. The lowest BCUT2D eigenvalue weighted by atomic mass is 10.0. The van der Waals surface area contributed by atoms with E-state index < -0.39 is 24.5 Å². The van der Waals surface area contributed by atoms with Gasteiger partial charge in [0.2, 0.25) is 0 Å². The Morgan fingerprint density at radius 2 is 1.93 bits per heavy atom. The van der Waals surface area contributed by atoms with E-state index in [-0.39, 0.29) is 17.9 Å². The highest BCUT2D eigenvalue weighted by Crippen LogP contribution is 2.31. The van der Waals surface area contributed by atoms with Crippen LogP contribution in [0.25, 0.3) is 0 Å². The normalized spacial score (nSPS) is 10.7. The first-order valence-electron chi connectivity index (χ1n) is 9.02. The molecule has 0 unspecified atom stereocenters. The van der Waals surface area contributed by atoms with E-state index >= 15 is 0 Å². The fourth-order valence-corrected chi connectivity index (χ4v) is 3.65. The van der Waals surface area contributed by atoms with Crippen LogP contribution < -0.4 is 11.1 Å². The van der Waals surface area contributed by atoms with Gasteiger partial charge in [0.1, 0.15) is 5.00 Å². The van der Waals surface area contributed by atoms with Crippen molar-refractivity contribution in [2.24, 2.45) is 5.92 Å². The molecule has 156 valence electrons. The number of hydrogen-bond donors (Lipinski definition) is 2. The number of nitrogens with two attached hydrogens (primary N) is 1. The Morgan fingerprint density at radius 1 is 1.21 bits per heavy atom. The molecule has 1 heterocycles. The van der Waals surface area contributed by atoms with Crippen LogP contribution in [0.1, 0.15) is 47.1 Å². The van der Waals surface area contributed by atoms with Crippen LogP contribution in [-0.2, 0) is 20.7 Å². The summed E-state index contributed by atoms with van der Waals surface area (Å²) in [5, 5.41) is 5.14. The van der Waals surface area contributed by atoms with Gasteiger partial charge < -0.3 is 20.5 Å². The molecule has 0 radical (unpaired) electrons. The number of rotatable bonds is 8. The van der Waals surface area contributed by atoms with Gasteiger partial charge in [-0.2, -0.15) is 0 Å². The monoisotopic (exact) mass is 438 g/mol. The van der Waals surface area contributed by atoms with Gasteiger partial charge in [0.15, 0.2) is 6.61 Å². The zero-order valence-corrected chi connectivity index (χ0v) is 18.0. The van der Waals surface area contributed by atoms with E-state index in [9.17, 15) is 14.4 Å². The van der Waals surface area contributed by atoms with Crippen LogP contribution in [0.5, 0.6) is 0 Å². The molecule has 0 atom stereocenters. The second kappa shape index (κ2) is 10.3. The summed E-state index contributed by atoms with van der Waals surface area (Å²) in [6.45, 7) is 5.50. The molecule has 7 nitrogen and oxygen atoms in total. The molecule has 0 saturated heterocycles. The van der Waals surface area contributed by atoms with Gasteiger partial charge in [0.25, 0.3) is 5.91 Å². The van der Waals surface area contributed by atoms with Crippen molar-refractivity contribution in [2.75, 3.05) is 24.3 Å². The van der Waals surface area contributed by atoms with Crippen LogP contribution >= 0.6 is 22.9 Å². The zero-order chi connectivity index (χ0) is 21.6. The number of thiophene rings is 1. The van der Waals surface area contributed by atoms with Crippen molar-refractivity contribution in [3.05, 3.63) is 45.3 Å². The number of carbonyl (C=O) groups is 3. The summed E-state index contributed by atoms with van der Waals surface area (Å²) in [7, 11) is 0. The van der Waals surface area contributed by atoms with E-state index in [4.69, 9.17) is 26.8 Å². The molecule has 0 aliphatic carbocycles. The molecule has 1 aromatic carbocycles. The van der Waals surface area contributed by atoms with Crippen LogP contribution in [-0.4, -0.2) is 31.1 Å². The molecule has 3 N–H and O–H groups in total. The smallest absolute Gasteiger partial charge is 0.341 e. The molecule has 0 bridgehead atoms. The number of nitrogens with one attached hydrogen (secondary N) is 1. The van der Waals surface area contributed by atoms with Gasteiger partial charge in [0, 0.05) is 0 Å². The summed E-state index contributed by atoms with van der Waals surface area (Å²) < 4.78 is 10.1. The van der Waals surface area contributed by atoms with E-state index in [0.717, 1.165) is 5.56 Å². The molecule has 2 aromatic rings. The minimum Gasteiger partial charge on any atom is -0.462 e. The second-order valence-corrected chi connectivity index (χ2v) is 7.93. The molecule has 29 heavy (non-hydrogen) atoms. The third kappa shape index (κ3) is 6.20. The minimum atomic E-state index is -0.708. The summed E-state index contributed by atoms with van der Waals surface area (Å²) in [6, 6.07) is 4.30. The highest BCUT2D eigenvalue weighted by molar-refractivity contribution is 7.15. The van der Waals surface area contributed by atoms with Gasteiger partial charge >= 0.3 is 11.9 Å². The highest BCUT2D eigenvalue weighted by Gasteiger charge is 2.22. The van der Waals surface area contributed by atoms with E-state index in [1.807, 2.05) is 19.2 Å². The largest absolute Gasteiger partial charge is 0.462 e. The van der Waals surface area contributed by atoms with Crippen LogP contribution in [0.2, 0.25) is 5.02 Å². The average Bonchev–Trinajstić information content (AvgIpc) is 3.03. The Morgan fingerprint density at radius 3 is 2.55 bits per heavy atom. The number of carbonyl (C=O) groups excluding carboxylic acids is 3. The molecule has 0 spiro atoms. The number of amides is 1. The number of hydrogen-bond acceptors (Lipinski definition) is 7. The summed E-state index contributed by atoms with van der Waals surface area (Å²) in [5.74, 6) is -1.44. The maximum atomic E-state index is 12.3. The molecule has 1 amide bonds. The molecule has 2 rings (SSSR count). The Labute approximate surface area is 178 Å². The van der Waals surface area contributed by atoms with Crippen LogP contribution in [0, 0.1) is 5.92 Å². The van der Waals surface area contributed by atoms with Crippen molar-refractivity contribution in [3.63, 3.8) is 0 Å². The Balaban J connectivity index is 2.06. The third-order valence-electron chi connectivity index (χ3n) is 3.79. The molecule has 0 fully saturated rings. The number of esters is 2. The predicted octanol–water partition coefficient (Wildman–Crippen LogP) is 4.15. The zero-order valence-electron chi connectivity index (χ0n) is 16.4. The van der Waals surface area contributed by atoms with E-state index in [0.29, 0.717) is 27.9 Å². The van der Waals surface area contributed by atoms with E-state index in [2.05, 4.69) is 5.32 Å². The third-order valence-corrected chi connectivity index (χ3v) is 5.08. The summed E-state index contributed by atoms with van der Waals surface area (Å²) in [4.78, 5) is 36.7. The topological polar surface area (TPSA) is 108 Å². The van der Waals surface area contributed by atoms with Crippen molar-refractivity contribution < 1.29 is 23.9 Å². The van der Waals surface area contributed by atoms with Crippen LogP contribution in [0.4, 0.5) is 10.7 Å². The minimum absolute atomic E-state index is 0.183. The lowest BCUT2D eigenvalue weighted by Crippen LogP contribution is -2.22. The van der Waals surface area contributed by atoms with Gasteiger partial charge in [-0.15, -0.1) is 11.3 Å². The maximum absolute atomic E-state index is 12.3. The maximum Gasteiger partial charge on any atom is 0.341 e. The Kier molecular flexibility index (Phi) is 8.04. The van der Waals surface area contributed by atoms with Crippen molar-refractivity contribution in [1.29, 1.82) is 0 Å². The van der Waals surface area contributed by atoms with Crippen molar-refractivity contribution >= 4 is 51.5 Å². The van der Waals surface area contributed by atoms with Gasteiger partial charge in [-0.3, -0.25) is 4.79 Å². The lowest BCUT2D eigenvalue weighted by Gasteiger charge is -2.10. The number of anilines is 2.